The molecule has 0 unspecified atom stereocenters. The molecular weight excluding hydrogens is 264 g/mol. The highest BCUT2D eigenvalue weighted by Crippen LogP contribution is 2.36. The van der Waals surface area contributed by atoms with Gasteiger partial charge in [0.25, 0.3) is 0 Å². The van der Waals surface area contributed by atoms with Crippen LogP contribution in [0.1, 0.15) is 18.1 Å². The molecule has 0 aliphatic carbocycles. The molecular formula is C22H19-. The van der Waals surface area contributed by atoms with E-state index in [0.29, 0.717) is 0 Å². The molecule has 0 spiro atoms. The van der Waals surface area contributed by atoms with Crippen LogP contribution in [0.3, 0.4) is 0 Å². The quantitative estimate of drug-likeness (QED) is 0.381. The van der Waals surface area contributed by atoms with E-state index in [-0.39, 0.29) is 0 Å². The summed E-state index contributed by atoms with van der Waals surface area (Å²) in [6.07, 6.45) is 1.09. The van der Waals surface area contributed by atoms with E-state index in [2.05, 4.69) is 80.6 Å². The molecule has 0 saturated carbocycles. The van der Waals surface area contributed by atoms with Crippen molar-refractivity contribution in [3.63, 3.8) is 0 Å². The van der Waals surface area contributed by atoms with E-state index in [4.69, 9.17) is 0 Å². The first-order valence-corrected chi connectivity index (χ1v) is 7.94. The minimum atomic E-state index is 1.09. The second-order valence-corrected chi connectivity index (χ2v) is 6.06. The standard InChI is InChI=1S/C22H19/c1-3-16-13-18-11-15(2)12-22(21(18)14-16)20-10-6-8-17-7-4-5-9-19(17)20/h4-14H,3H2,1-2H3/q-1. The Morgan fingerprint density at radius 3 is 2.50 bits per heavy atom. The number of hydrogen-bond acceptors (Lipinski definition) is 0. The molecule has 0 heterocycles. The van der Waals surface area contributed by atoms with Crippen LogP contribution in [0.15, 0.2) is 66.7 Å². The predicted octanol–water partition coefficient (Wildman–Crippen LogP) is 6.25. The zero-order valence-electron chi connectivity index (χ0n) is 13.1. The summed E-state index contributed by atoms with van der Waals surface area (Å²) in [4.78, 5) is 0. The summed E-state index contributed by atoms with van der Waals surface area (Å²) in [7, 11) is 0. The van der Waals surface area contributed by atoms with Gasteiger partial charge >= 0.3 is 0 Å². The minimum Gasteiger partial charge on any atom is -0.165 e. The molecule has 0 radical (unpaired) electrons. The number of fused-ring (bicyclic) bond motifs is 2. The van der Waals surface area contributed by atoms with Gasteiger partial charge in [0.2, 0.25) is 0 Å². The maximum absolute atomic E-state index is 2.35. The molecule has 108 valence electrons. The van der Waals surface area contributed by atoms with Crippen LogP contribution in [-0.2, 0) is 6.42 Å². The number of benzene rings is 3. The fourth-order valence-electron chi connectivity index (χ4n) is 3.42. The van der Waals surface area contributed by atoms with Gasteiger partial charge in [0.05, 0.1) is 0 Å². The largest absolute Gasteiger partial charge is 0.165 e. The summed E-state index contributed by atoms with van der Waals surface area (Å²) >= 11 is 0. The Hall–Kier alpha value is -2.47. The van der Waals surface area contributed by atoms with Crippen LogP contribution in [0.4, 0.5) is 0 Å². The van der Waals surface area contributed by atoms with Crippen molar-refractivity contribution in [1.82, 2.24) is 0 Å². The molecule has 0 aliphatic heterocycles. The molecule has 0 saturated heterocycles. The first kappa shape index (κ1) is 13.2. The minimum absolute atomic E-state index is 1.09. The molecule has 0 aromatic heterocycles. The van der Waals surface area contributed by atoms with Gasteiger partial charge in [-0.2, -0.15) is 6.07 Å². The zero-order chi connectivity index (χ0) is 15.1. The fraction of sp³-hybridized carbons (Fsp3) is 0.136. The lowest BCUT2D eigenvalue weighted by molar-refractivity contribution is 1.16. The molecule has 0 heteroatoms. The lowest BCUT2D eigenvalue weighted by atomic mass is 9.94. The summed E-state index contributed by atoms with van der Waals surface area (Å²) in [6.45, 7) is 4.41. The summed E-state index contributed by atoms with van der Waals surface area (Å²) in [5, 5.41) is 5.37. The maximum Gasteiger partial charge on any atom is -0.0186 e. The third-order valence-corrected chi connectivity index (χ3v) is 4.52. The summed E-state index contributed by atoms with van der Waals surface area (Å²) < 4.78 is 0. The van der Waals surface area contributed by atoms with Gasteiger partial charge in [-0.3, -0.25) is 0 Å². The van der Waals surface area contributed by atoms with E-state index in [1.165, 1.54) is 43.8 Å². The van der Waals surface area contributed by atoms with Gasteiger partial charge in [0.15, 0.2) is 0 Å². The normalized spacial score (nSPS) is 11.4. The van der Waals surface area contributed by atoms with Crippen molar-refractivity contribution in [3.8, 4) is 11.1 Å². The van der Waals surface area contributed by atoms with Gasteiger partial charge in [-0.15, -0.1) is 28.5 Å². The SMILES string of the molecule is CCc1cc2cc(C)cc(-c3cccc4ccccc34)c2[cH-]1. The fourth-order valence-corrected chi connectivity index (χ4v) is 3.42. The van der Waals surface area contributed by atoms with E-state index >= 15 is 0 Å². The number of hydrogen-bond donors (Lipinski definition) is 0. The Morgan fingerprint density at radius 2 is 1.64 bits per heavy atom. The van der Waals surface area contributed by atoms with Gasteiger partial charge in [0, 0.05) is 0 Å². The number of rotatable bonds is 2. The number of aryl methyl sites for hydroxylation is 2. The smallest absolute Gasteiger partial charge is 0.0186 e. The molecule has 4 aromatic rings. The van der Waals surface area contributed by atoms with Crippen LogP contribution >= 0.6 is 0 Å². The Labute approximate surface area is 131 Å². The van der Waals surface area contributed by atoms with Gasteiger partial charge in [-0.1, -0.05) is 72.1 Å². The summed E-state index contributed by atoms with van der Waals surface area (Å²) in [5.74, 6) is 0. The van der Waals surface area contributed by atoms with Crippen LogP contribution in [0, 0.1) is 6.92 Å². The Balaban J connectivity index is 2.09. The molecule has 0 fully saturated rings. The van der Waals surface area contributed by atoms with Crippen molar-refractivity contribution in [3.05, 3.63) is 77.9 Å². The third kappa shape index (κ3) is 2.03. The highest BCUT2D eigenvalue weighted by atomic mass is 14.1. The van der Waals surface area contributed by atoms with E-state index in [0.717, 1.165) is 6.42 Å². The van der Waals surface area contributed by atoms with Crippen molar-refractivity contribution in [2.75, 3.05) is 0 Å². The van der Waals surface area contributed by atoms with Crippen LogP contribution in [-0.4, -0.2) is 0 Å². The van der Waals surface area contributed by atoms with E-state index in [1.54, 1.807) is 0 Å². The summed E-state index contributed by atoms with van der Waals surface area (Å²) in [5.41, 5.74) is 5.43. The van der Waals surface area contributed by atoms with Crippen LogP contribution in [0.25, 0.3) is 32.7 Å². The van der Waals surface area contributed by atoms with Crippen LogP contribution in [0.2, 0.25) is 0 Å². The zero-order valence-corrected chi connectivity index (χ0v) is 13.1. The van der Waals surface area contributed by atoms with Crippen molar-refractivity contribution in [2.45, 2.75) is 20.3 Å². The molecule has 0 nitrogen and oxygen atoms in total. The molecule has 0 aliphatic rings. The van der Waals surface area contributed by atoms with Crippen molar-refractivity contribution in [1.29, 1.82) is 0 Å². The van der Waals surface area contributed by atoms with Crippen molar-refractivity contribution in [2.24, 2.45) is 0 Å². The Morgan fingerprint density at radius 1 is 0.818 bits per heavy atom. The molecule has 0 amide bonds. The molecule has 4 rings (SSSR count). The predicted molar refractivity (Wildman–Crippen MR) is 96.6 cm³/mol. The summed E-state index contributed by atoms with van der Waals surface area (Å²) in [6, 6.07) is 24.5. The topological polar surface area (TPSA) is 0 Å². The van der Waals surface area contributed by atoms with Gasteiger partial charge in [-0.05, 0) is 24.1 Å². The lowest BCUT2D eigenvalue weighted by Gasteiger charge is -2.15. The average Bonchev–Trinajstić information content (AvgIpc) is 2.96. The van der Waals surface area contributed by atoms with Crippen molar-refractivity contribution >= 4 is 21.5 Å². The van der Waals surface area contributed by atoms with E-state index in [9.17, 15) is 0 Å². The van der Waals surface area contributed by atoms with Crippen LogP contribution < -0.4 is 0 Å². The highest BCUT2D eigenvalue weighted by molar-refractivity contribution is 6.06. The first-order chi connectivity index (χ1) is 10.8. The maximum atomic E-state index is 2.35. The monoisotopic (exact) mass is 283 g/mol. The molecule has 22 heavy (non-hydrogen) atoms. The highest BCUT2D eigenvalue weighted by Gasteiger charge is 2.04. The molecule has 0 atom stereocenters. The third-order valence-electron chi connectivity index (χ3n) is 4.52. The average molecular weight is 283 g/mol. The first-order valence-electron chi connectivity index (χ1n) is 7.94. The van der Waals surface area contributed by atoms with E-state index < -0.39 is 0 Å². The molecule has 4 aromatic carbocycles. The second-order valence-electron chi connectivity index (χ2n) is 6.06. The Kier molecular flexibility index (Phi) is 3.04. The molecule has 0 N–H and O–H groups in total. The van der Waals surface area contributed by atoms with Crippen molar-refractivity contribution < 1.29 is 0 Å². The molecule has 0 bridgehead atoms. The van der Waals surface area contributed by atoms with Crippen LogP contribution in [0.5, 0.6) is 0 Å². The van der Waals surface area contributed by atoms with Gasteiger partial charge < -0.3 is 0 Å². The second kappa shape index (κ2) is 5.06. The lowest BCUT2D eigenvalue weighted by Crippen LogP contribution is -1.84. The Bertz CT molecular complexity index is 965. The van der Waals surface area contributed by atoms with Gasteiger partial charge in [-0.25, -0.2) is 0 Å². The van der Waals surface area contributed by atoms with Gasteiger partial charge in [0.1, 0.15) is 0 Å². The van der Waals surface area contributed by atoms with E-state index in [1.807, 2.05) is 0 Å².